The normalized spacial score (nSPS) is 28.1. The fraction of sp³-hybridized carbons (Fsp3) is 0.304. The van der Waals surface area contributed by atoms with Crippen molar-refractivity contribution in [2.45, 2.75) is 22.8 Å². The van der Waals surface area contributed by atoms with Gasteiger partial charge in [0, 0.05) is 29.8 Å². The standard InChI is InChI=1S/C23H21N3O4S/c1-30-21(27)23(13-24)18(14-7-9-15(10-8-14)31(2,28)29)19-22(11-12-25-19)16-5-3-4-6-17(16)26-20(22)23/h3-10,20,25-26H,11-12H2,1-2H3/t20?,22?,23-/m0/s1. The topological polar surface area (TPSA) is 108 Å². The number of para-hydroxylation sites is 1. The van der Waals surface area contributed by atoms with Gasteiger partial charge in [-0.1, -0.05) is 30.3 Å². The molecule has 2 aromatic rings. The van der Waals surface area contributed by atoms with Crippen molar-refractivity contribution in [3.63, 3.8) is 0 Å². The summed E-state index contributed by atoms with van der Waals surface area (Å²) in [5, 5.41) is 17.4. The van der Waals surface area contributed by atoms with E-state index in [4.69, 9.17) is 4.74 Å². The van der Waals surface area contributed by atoms with E-state index in [1.54, 1.807) is 12.1 Å². The Balaban J connectivity index is 1.82. The zero-order valence-corrected chi connectivity index (χ0v) is 17.9. The van der Waals surface area contributed by atoms with Gasteiger partial charge in [0.2, 0.25) is 5.41 Å². The highest BCUT2D eigenvalue weighted by Gasteiger charge is 2.71. The van der Waals surface area contributed by atoms with Crippen LogP contribution in [0.15, 0.2) is 59.1 Å². The third kappa shape index (κ3) is 2.32. The van der Waals surface area contributed by atoms with Crippen molar-refractivity contribution >= 4 is 27.1 Å². The van der Waals surface area contributed by atoms with Crippen LogP contribution in [-0.4, -0.2) is 40.3 Å². The van der Waals surface area contributed by atoms with E-state index in [-0.39, 0.29) is 4.90 Å². The highest BCUT2D eigenvalue weighted by atomic mass is 32.2. The average Bonchev–Trinajstić information content (AvgIpc) is 3.39. The van der Waals surface area contributed by atoms with E-state index in [2.05, 4.69) is 16.7 Å². The number of rotatable bonds is 3. The molecule has 158 valence electrons. The molecular weight excluding hydrogens is 414 g/mol. The van der Waals surface area contributed by atoms with Gasteiger partial charge in [-0.2, -0.15) is 5.26 Å². The second kappa shape index (κ2) is 6.34. The maximum atomic E-state index is 13.3. The van der Waals surface area contributed by atoms with Crippen LogP contribution >= 0.6 is 0 Å². The van der Waals surface area contributed by atoms with E-state index in [9.17, 15) is 18.5 Å². The number of nitriles is 1. The zero-order chi connectivity index (χ0) is 22.0. The summed E-state index contributed by atoms with van der Waals surface area (Å²) >= 11 is 0. The predicted molar refractivity (Wildman–Crippen MR) is 115 cm³/mol. The summed E-state index contributed by atoms with van der Waals surface area (Å²) < 4.78 is 29.0. The second-order valence-electron chi connectivity index (χ2n) is 8.23. The molecule has 3 atom stereocenters. The third-order valence-electron chi connectivity index (χ3n) is 6.80. The number of esters is 1. The molecule has 3 aliphatic rings. The largest absolute Gasteiger partial charge is 0.468 e. The molecule has 1 saturated heterocycles. The summed E-state index contributed by atoms with van der Waals surface area (Å²) in [5.74, 6) is -0.634. The molecular formula is C23H21N3O4S. The minimum Gasteiger partial charge on any atom is -0.468 e. The van der Waals surface area contributed by atoms with Gasteiger partial charge in [0.05, 0.1) is 29.5 Å². The molecule has 8 heteroatoms. The monoisotopic (exact) mass is 435 g/mol. The van der Waals surface area contributed by atoms with Crippen molar-refractivity contribution in [3.05, 3.63) is 65.4 Å². The van der Waals surface area contributed by atoms with Gasteiger partial charge >= 0.3 is 5.97 Å². The molecule has 2 aromatic carbocycles. The number of methoxy groups -OCH3 is 1. The maximum absolute atomic E-state index is 13.3. The molecule has 1 spiro atoms. The molecule has 2 aliphatic heterocycles. The Hall–Kier alpha value is -3.31. The fourth-order valence-electron chi connectivity index (χ4n) is 5.58. The van der Waals surface area contributed by atoms with Crippen LogP contribution in [-0.2, 0) is 24.8 Å². The van der Waals surface area contributed by atoms with Crippen molar-refractivity contribution in [2.75, 3.05) is 25.2 Å². The first-order chi connectivity index (χ1) is 14.8. The SMILES string of the molecule is COC(=O)[C@@]1(C#N)C(c2ccc(S(C)(=O)=O)cc2)=C2NCCC23c2ccccc2NC31. The maximum Gasteiger partial charge on any atom is 0.333 e. The molecule has 1 fully saturated rings. The summed E-state index contributed by atoms with van der Waals surface area (Å²) in [6, 6.07) is 16.0. The lowest BCUT2D eigenvalue weighted by Crippen LogP contribution is -2.50. The van der Waals surface area contributed by atoms with Crippen LogP contribution < -0.4 is 10.6 Å². The van der Waals surface area contributed by atoms with Crippen LogP contribution in [0.3, 0.4) is 0 Å². The Labute approximate surface area is 180 Å². The Morgan fingerprint density at radius 2 is 1.90 bits per heavy atom. The van der Waals surface area contributed by atoms with Gasteiger partial charge in [-0.3, -0.25) is 0 Å². The molecule has 0 bridgehead atoms. The molecule has 2 N–H and O–H groups in total. The number of anilines is 1. The second-order valence-corrected chi connectivity index (χ2v) is 10.2. The first kappa shape index (κ1) is 19.6. The van der Waals surface area contributed by atoms with Gasteiger partial charge in [0.1, 0.15) is 0 Å². The summed E-state index contributed by atoms with van der Waals surface area (Å²) in [7, 11) is -2.09. The number of hydrogen-bond acceptors (Lipinski definition) is 7. The quantitative estimate of drug-likeness (QED) is 0.712. The van der Waals surface area contributed by atoms with Crippen molar-refractivity contribution in [2.24, 2.45) is 5.41 Å². The predicted octanol–water partition coefficient (Wildman–Crippen LogP) is 2.22. The number of benzene rings is 2. The van der Waals surface area contributed by atoms with Crippen LogP contribution in [0.4, 0.5) is 5.69 Å². The highest BCUT2D eigenvalue weighted by molar-refractivity contribution is 7.90. The highest BCUT2D eigenvalue weighted by Crippen LogP contribution is 2.65. The van der Waals surface area contributed by atoms with Gasteiger partial charge in [-0.05, 0) is 35.7 Å². The van der Waals surface area contributed by atoms with Gasteiger partial charge in [-0.25, -0.2) is 13.2 Å². The zero-order valence-electron chi connectivity index (χ0n) is 17.1. The molecule has 2 unspecified atom stereocenters. The smallest absolute Gasteiger partial charge is 0.333 e. The van der Waals surface area contributed by atoms with Crippen LogP contribution in [0.2, 0.25) is 0 Å². The lowest BCUT2D eigenvalue weighted by atomic mass is 9.69. The van der Waals surface area contributed by atoms with Crippen molar-refractivity contribution in [3.8, 4) is 6.07 Å². The number of carbonyl (C=O) groups is 1. The molecule has 0 aromatic heterocycles. The minimum absolute atomic E-state index is 0.179. The van der Waals surface area contributed by atoms with Crippen molar-refractivity contribution in [1.29, 1.82) is 5.26 Å². The van der Waals surface area contributed by atoms with Gasteiger partial charge < -0.3 is 15.4 Å². The van der Waals surface area contributed by atoms with Gasteiger partial charge in [0.25, 0.3) is 0 Å². The first-order valence-electron chi connectivity index (χ1n) is 9.96. The number of carbonyl (C=O) groups excluding carboxylic acids is 1. The van der Waals surface area contributed by atoms with Crippen molar-refractivity contribution in [1.82, 2.24) is 5.32 Å². The third-order valence-corrected chi connectivity index (χ3v) is 7.93. The van der Waals surface area contributed by atoms with E-state index < -0.39 is 32.7 Å². The molecule has 31 heavy (non-hydrogen) atoms. The van der Waals surface area contributed by atoms with Crippen molar-refractivity contribution < 1.29 is 17.9 Å². The minimum atomic E-state index is -3.37. The van der Waals surface area contributed by atoms with E-state index in [0.717, 1.165) is 29.6 Å². The molecule has 1 aliphatic carbocycles. The number of hydrogen-bond donors (Lipinski definition) is 2. The Bertz CT molecular complexity index is 1290. The van der Waals surface area contributed by atoms with Gasteiger partial charge in [0.15, 0.2) is 9.84 Å². The van der Waals surface area contributed by atoms with Crippen LogP contribution in [0.25, 0.3) is 5.57 Å². The number of ether oxygens (including phenoxy) is 1. The number of nitrogens with zero attached hydrogens (tertiary/aromatic N) is 1. The first-order valence-corrected chi connectivity index (χ1v) is 11.8. The fourth-order valence-corrected chi connectivity index (χ4v) is 6.21. The molecule has 5 rings (SSSR count). The number of fused-ring (bicyclic) bond motifs is 1. The molecule has 7 nitrogen and oxygen atoms in total. The van der Waals surface area contributed by atoms with Crippen LogP contribution in [0, 0.1) is 16.7 Å². The van der Waals surface area contributed by atoms with Gasteiger partial charge in [-0.15, -0.1) is 0 Å². The lowest BCUT2D eigenvalue weighted by Gasteiger charge is -2.33. The van der Waals surface area contributed by atoms with E-state index >= 15 is 0 Å². The molecule has 0 amide bonds. The van der Waals surface area contributed by atoms with E-state index in [0.29, 0.717) is 17.7 Å². The Kier molecular flexibility index (Phi) is 4.02. The molecule has 2 heterocycles. The van der Waals surface area contributed by atoms with Crippen LogP contribution in [0.5, 0.6) is 0 Å². The lowest BCUT2D eigenvalue weighted by molar-refractivity contribution is -0.147. The summed E-state index contributed by atoms with van der Waals surface area (Å²) in [4.78, 5) is 13.4. The average molecular weight is 436 g/mol. The Morgan fingerprint density at radius 1 is 1.19 bits per heavy atom. The summed E-state index contributed by atoms with van der Waals surface area (Å²) in [6.45, 7) is 0.704. The molecule has 0 saturated carbocycles. The van der Waals surface area contributed by atoms with Crippen LogP contribution in [0.1, 0.15) is 17.5 Å². The Morgan fingerprint density at radius 3 is 2.55 bits per heavy atom. The number of nitrogens with one attached hydrogen (secondary N) is 2. The summed E-state index contributed by atoms with van der Waals surface area (Å²) in [5.41, 5.74) is 1.79. The number of sulfone groups is 1. The van der Waals surface area contributed by atoms with E-state index in [1.165, 1.54) is 19.2 Å². The molecule has 0 radical (unpaired) electrons. The van der Waals surface area contributed by atoms with E-state index in [1.807, 2.05) is 24.3 Å². The summed E-state index contributed by atoms with van der Waals surface area (Å²) in [6.07, 6.45) is 1.87.